The fourth-order valence-corrected chi connectivity index (χ4v) is 2.01. The van der Waals surface area contributed by atoms with Gasteiger partial charge in [-0.15, -0.1) is 0 Å². The summed E-state index contributed by atoms with van der Waals surface area (Å²) in [6.45, 7) is 3.28. The van der Waals surface area contributed by atoms with Crippen LogP contribution in [0.15, 0.2) is 24.3 Å². The Balaban J connectivity index is 2.15. The molecule has 1 aromatic carbocycles. The van der Waals surface area contributed by atoms with Crippen molar-refractivity contribution in [2.45, 2.75) is 39.0 Å². The van der Waals surface area contributed by atoms with Crippen molar-refractivity contribution in [3.05, 3.63) is 29.8 Å². The molecule has 1 aromatic rings. The maximum atomic E-state index is 11.6. The molecule has 0 atom stereocenters. The van der Waals surface area contributed by atoms with E-state index in [9.17, 15) is 9.59 Å². The molecule has 0 spiro atoms. The summed E-state index contributed by atoms with van der Waals surface area (Å²) in [4.78, 5) is 23.2. The van der Waals surface area contributed by atoms with Crippen molar-refractivity contribution in [3.63, 3.8) is 0 Å². The zero-order chi connectivity index (χ0) is 16.2. The molecule has 2 N–H and O–H groups in total. The molecule has 5 heteroatoms. The molecule has 0 heterocycles. The maximum Gasteiger partial charge on any atom is 0.229 e. The Morgan fingerprint density at radius 1 is 1.00 bits per heavy atom. The van der Waals surface area contributed by atoms with Crippen LogP contribution in [-0.2, 0) is 16.0 Å². The largest absolute Gasteiger partial charge is 0.497 e. The monoisotopic (exact) mass is 306 g/mol. The van der Waals surface area contributed by atoms with Gasteiger partial charge >= 0.3 is 0 Å². The number of hydrogen-bond donors (Lipinski definition) is 2. The van der Waals surface area contributed by atoms with E-state index in [1.54, 1.807) is 7.11 Å². The highest BCUT2D eigenvalue weighted by Crippen LogP contribution is 2.11. The molecule has 2 amide bonds. The third-order valence-electron chi connectivity index (χ3n) is 3.32. The van der Waals surface area contributed by atoms with Gasteiger partial charge in [0.25, 0.3) is 0 Å². The second-order valence-electron chi connectivity index (χ2n) is 5.18. The summed E-state index contributed by atoms with van der Waals surface area (Å²) in [6, 6.07) is 7.71. The summed E-state index contributed by atoms with van der Waals surface area (Å²) in [5.41, 5.74) is 1.12. The predicted molar refractivity (Wildman–Crippen MR) is 86.9 cm³/mol. The lowest BCUT2D eigenvalue weighted by Crippen LogP contribution is -2.33. The molecule has 0 radical (unpaired) electrons. The van der Waals surface area contributed by atoms with E-state index < -0.39 is 0 Å². The second-order valence-corrected chi connectivity index (χ2v) is 5.18. The third kappa shape index (κ3) is 7.67. The summed E-state index contributed by atoms with van der Waals surface area (Å²) in [5, 5.41) is 5.52. The van der Waals surface area contributed by atoms with Crippen LogP contribution in [0.3, 0.4) is 0 Å². The van der Waals surface area contributed by atoms with Crippen LogP contribution in [0.1, 0.15) is 38.2 Å². The molecule has 0 aliphatic heterocycles. The fraction of sp³-hybridized carbons (Fsp3) is 0.529. The van der Waals surface area contributed by atoms with E-state index >= 15 is 0 Å². The first-order valence-corrected chi connectivity index (χ1v) is 7.82. The van der Waals surface area contributed by atoms with Gasteiger partial charge in [-0.05, 0) is 30.5 Å². The van der Waals surface area contributed by atoms with Crippen molar-refractivity contribution in [1.29, 1.82) is 0 Å². The molecule has 0 aromatic heterocycles. The van der Waals surface area contributed by atoms with Gasteiger partial charge in [-0.25, -0.2) is 0 Å². The lowest BCUT2D eigenvalue weighted by molar-refractivity contribution is -0.129. The number of hydrogen-bond acceptors (Lipinski definition) is 3. The Hall–Kier alpha value is -2.04. The second kappa shape index (κ2) is 10.7. The predicted octanol–water partition coefficient (Wildman–Crippen LogP) is 2.05. The normalized spacial score (nSPS) is 10.1. The van der Waals surface area contributed by atoms with E-state index in [0.29, 0.717) is 13.1 Å². The molecule has 0 fully saturated rings. The summed E-state index contributed by atoms with van der Waals surface area (Å²) in [7, 11) is 1.63. The van der Waals surface area contributed by atoms with E-state index in [0.717, 1.165) is 37.0 Å². The molecule has 0 aliphatic rings. The Kier molecular flexibility index (Phi) is 8.72. The van der Waals surface area contributed by atoms with E-state index in [1.165, 1.54) is 0 Å². The number of ether oxygens (including phenoxy) is 1. The van der Waals surface area contributed by atoms with Gasteiger partial charge in [0.05, 0.1) is 7.11 Å². The Labute approximate surface area is 132 Å². The molecule has 0 saturated carbocycles. The number of carbonyl (C=O) groups is 2. The molecule has 5 nitrogen and oxygen atoms in total. The van der Waals surface area contributed by atoms with Crippen LogP contribution in [0.25, 0.3) is 0 Å². The van der Waals surface area contributed by atoms with Gasteiger partial charge in [-0.1, -0.05) is 31.9 Å². The van der Waals surface area contributed by atoms with E-state index in [2.05, 4.69) is 17.6 Å². The van der Waals surface area contributed by atoms with Crippen LogP contribution >= 0.6 is 0 Å². The van der Waals surface area contributed by atoms with Gasteiger partial charge in [0, 0.05) is 13.1 Å². The first-order chi connectivity index (χ1) is 10.7. The van der Waals surface area contributed by atoms with Gasteiger partial charge < -0.3 is 15.4 Å². The molecule has 0 aliphatic carbocycles. The number of amides is 2. The first-order valence-electron chi connectivity index (χ1n) is 7.82. The van der Waals surface area contributed by atoms with Crippen molar-refractivity contribution < 1.29 is 14.3 Å². The molecule has 122 valence electrons. The lowest BCUT2D eigenvalue weighted by Gasteiger charge is -2.07. The minimum Gasteiger partial charge on any atom is -0.497 e. The Morgan fingerprint density at radius 3 is 2.23 bits per heavy atom. The zero-order valence-corrected chi connectivity index (χ0v) is 13.5. The van der Waals surface area contributed by atoms with E-state index in [-0.39, 0.29) is 18.2 Å². The van der Waals surface area contributed by atoms with Crippen molar-refractivity contribution in [1.82, 2.24) is 10.6 Å². The molecular formula is C17H26N2O3. The number of carbonyl (C=O) groups excluding carboxylic acids is 2. The Bertz CT molecular complexity index is 457. The first kappa shape index (κ1) is 18.0. The van der Waals surface area contributed by atoms with Crippen molar-refractivity contribution >= 4 is 11.8 Å². The summed E-state index contributed by atoms with van der Waals surface area (Å²) in [6.07, 6.45) is 3.79. The SMILES string of the molecule is CCCCCNC(=O)CC(=O)NCCc1ccc(OC)cc1. The van der Waals surface area contributed by atoms with E-state index in [1.807, 2.05) is 24.3 Å². The van der Waals surface area contributed by atoms with Crippen molar-refractivity contribution in [2.24, 2.45) is 0 Å². The summed E-state index contributed by atoms with van der Waals surface area (Å²) < 4.78 is 5.09. The Morgan fingerprint density at radius 2 is 1.64 bits per heavy atom. The van der Waals surface area contributed by atoms with Crippen molar-refractivity contribution in [3.8, 4) is 5.75 Å². The third-order valence-corrected chi connectivity index (χ3v) is 3.32. The highest BCUT2D eigenvalue weighted by Gasteiger charge is 2.08. The number of benzene rings is 1. The van der Waals surface area contributed by atoms with Crippen LogP contribution < -0.4 is 15.4 Å². The molecule has 0 unspecified atom stereocenters. The summed E-state index contributed by atoms with van der Waals surface area (Å²) in [5.74, 6) is 0.368. The molecule has 0 bridgehead atoms. The number of nitrogens with one attached hydrogen (secondary N) is 2. The fourth-order valence-electron chi connectivity index (χ4n) is 2.01. The zero-order valence-electron chi connectivity index (χ0n) is 13.5. The highest BCUT2D eigenvalue weighted by atomic mass is 16.5. The standard InChI is InChI=1S/C17H26N2O3/c1-3-4-5-11-18-16(20)13-17(21)19-12-10-14-6-8-15(22-2)9-7-14/h6-9H,3-5,10-13H2,1-2H3,(H,18,20)(H,19,21). The molecule has 22 heavy (non-hydrogen) atoms. The van der Waals surface area contributed by atoms with Crippen LogP contribution in [-0.4, -0.2) is 32.0 Å². The number of unbranched alkanes of at least 4 members (excludes halogenated alkanes) is 2. The van der Waals surface area contributed by atoms with Crippen LogP contribution in [0.4, 0.5) is 0 Å². The minimum atomic E-state index is -0.235. The topological polar surface area (TPSA) is 67.4 Å². The van der Waals surface area contributed by atoms with Crippen LogP contribution in [0.2, 0.25) is 0 Å². The van der Waals surface area contributed by atoms with Gasteiger partial charge in [0.1, 0.15) is 12.2 Å². The van der Waals surface area contributed by atoms with Gasteiger partial charge in [0.2, 0.25) is 11.8 Å². The highest BCUT2D eigenvalue weighted by molar-refractivity contribution is 5.96. The van der Waals surface area contributed by atoms with Crippen LogP contribution in [0.5, 0.6) is 5.75 Å². The molecule has 1 rings (SSSR count). The summed E-state index contributed by atoms with van der Waals surface area (Å²) >= 11 is 0. The number of rotatable bonds is 10. The molecule has 0 saturated heterocycles. The molecular weight excluding hydrogens is 280 g/mol. The average Bonchev–Trinajstić information content (AvgIpc) is 2.52. The quantitative estimate of drug-likeness (QED) is 0.513. The lowest BCUT2D eigenvalue weighted by atomic mass is 10.1. The minimum absolute atomic E-state index is 0.102. The van der Waals surface area contributed by atoms with Gasteiger partial charge in [-0.3, -0.25) is 9.59 Å². The van der Waals surface area contributed by atoms with Crippen LogP contribution in [0, 0.1) is 0 Å². The maximum absolute atomic E-state index is 11.6. The van der Waals surface area contributed by atoms with Crippen molar-refractivity contribution in [2.75, 3.05) is 20.2 Å². The van der Waals surface area contributed by atoms with Gasteiger partial charge in [-0.2, -0.15) is 0 Å². The smallest absolute Gasteiger partial charge is 0.229 e. The van der Waals surface area contributed by atoms with Gasteiger partial charge in [0.15, 0.2) is 0 Å². The number of methoxy groups -OCH3 is 1. The van der Waals surface area contributed by atoms with E-state index in [4.69, 9.17) is 4.74 Å². The average molecular weight is 306 g/mol.